The van der Waals surface area contributed by atoms with Crippen LogP contribution in [0.3, 0.4) is 0 Å². The first kappa shape index (κ1) is 32.1. The molecule has 3 aliphatic heterocycles. The Morgan fingerprint density at radius 3 is 2.40 bits per heavy atom. The first-order chi connectivity index (χ1) is 20.2. The quantitative estimate of drug-likeness (QED) is 0.320. The summed E-state index contributed by atoms with van der Waals surface area (Å²) in [6.45, 7) is 17.0. The van der Waals surface area contributed by atoms with Crippen molar-refractivity contribution < 1.29 is 24.2 Å². The van der Waals surface area contributed by atoms with Gasteiger partial charge in [-0.1, -0.05) is 46.3 Å². The smallest absolute Gasteiger partial charge is 0.251 e. The van der Waals surface area contributed by atoms with Crippen LogP contribution in [0.5, 0.6) is 5.75 Å². The molecule has 2 bridgehead atoms. The molecule has 4 rings (SSSR count). The zero-order chi connectivity index (χ0) is 30.8. The SMILES string of the molecule is C=CCN(CCC)C(=O)[C@@H]1[C@@H]2CC(C)C3(S2)C(C(=O)N(CC=C)c2ccc(OC)cc2)N([C@@H](CO)[C@@H](C)CC)C(=O)[C@H]13. The third-order valence-corrected chi connectivity index (χ3v) is 11.7. The molecule has 0 radical (unpaired) electrons. The lowest BCUT2D eigenvalue weighted by Crippen LogP contribution is -2.60. The van der Waals surface area contributed by atoms with Gasteiger partial charge >= 0.3 is 0 Å². The van der Waals surface area contributed by atoms with Crippen molar-refractivity contribution in [1.29, 1.82) is 0 Å². The largest absolute Gasteiger partial charge is 0.497 e. The first-order valence-corrected chi connectivity index (χ1v) is 16.1. The molecular weight excluding hydrogens is 550 g/mol. The van der Waals surface area contributed by atoms with Gasteiger partial charge in [0.25, 0.3) is 5.91 Å². The third kappa shape index (κ3) is 5.17. The lowest BCUT2D eigenvalue weighted by atomic mass is 9.65. The lowest BCUT2D eigenvalue weighted by Gasteiger charge is -2.43. The molecule has 0 saturated carbocycles. The Morgan fingerprint density at radius 2 is 1.86 bits per heavy atom. The summed E-state index contributed by atoms with van der Waals surface area (Å²) in [6, 6.07) is 5.92. The number of benzene rings is 1. The number of ether oxygens (including phenoxy) is 1. The second-order valence-corrected chi connectivity index (χ2v) is 13.5. The highest BCUT2D eigenvalue weighted by Crippen LogP contribution is 2.69. The number of thioether (sulfide) groups is 1. The van der Waals surface area contributed by atoms with Gasteiger partial charge in [0.05, 0.1) is 36.3 Å². The molecule has 3 heterocycles. The van der Waals surface area contributed by atoms with Crippen molar-refractivity contribution in [2.75, 3.05) is 38.3 Å². The summed E-state index contributed by atoms with van der Waals surface area (Å²) < 4.78 is 4.55. The second-order valence-electron chi connectivity index (χ2n) is 11.9. The van der Waals surface area contributed by atoms with Gasteiger partial charge in [-0.3, -0.25) is 14.4 Å². The minimum atomic E-state index is -0.829. The molecule has 8 nitrogen and oxygen atoms in total. The average Bonchev–Trinajstić information content (AvgIpc) is 3.59. The summed E-state index contributed by atoms with van der Waals surface area (Å²) in [5, 5.41) is 10.6. The van der Waals surface area contributed by atoms with Gasteiger partial charge in [0.15, 0.2) is 0 Å². The van der Waals surface area contributed by atoms with Gasteiger partial charge in [-0.05, 0) is 48.9 Å². The molecule has 42 heavy (non-hydrogen) atoms. The first-order valence-electron chi connectivity index (χ1n) is 15.2. The van der Waals surface area contributed by atoms with Crippen molar-refractivity contribution in [2.24, 2.45) is 23.7 Å². The van der Waals surface area contributed by atoms with E-state index >= 15 is 0 Å². The molecule has 1 aromatic carbocycles. The predicted octanol–water partition coefficient (Wildman–Crippen LogP) is 4.38. The van der Waals surface area contributed by atoms with E-state index in [1.165, 1.54) is 0 Å². The highest BCUT2D eigenvalue weighted by Gasteiger charge is 2.77. The number of nitrogens with zero attached hydrogens (tertiary/aromatic N) is 3. The molecule has 8 atom stereocenters. The van der Waals surface area contributed by atoms with Crippen LogP contribution in [-0.4, -0.2) is 88.1 Å². The topological polar surface area (TPSA) is 90.4 Å². The molecular formula is C33H47N3O5S. The van der Waals surface area contributed by atoms with Crippen LogP contribution in [0.15, 0.2) is 49.6 Å². The van der Waals surface area contributed by atoms with Crippen LogP contribution in [0.2, 0.25) is 0 Å². The number of carbonyl (C=O) groups is 3. The number of hydrogen-bond donors (Lipinski definition) is 1. The average molecular weight is 598 g/mol. The summed E-state index contributed by atoms with van der Waals surface area (Å²) in [5.74, 6) is -0.912. The lowest BCUT2D eigenvalue weighted by molar-refractivity contribution is -0.146. The van der Waals surface area contributed by atoms with Crippen molar-refractivity contribution >= 4 is 35.2 Å². The number of amides is 3. The molecule has 3 aliphatic rings. The van der Waals surface area contributed by atoms with Gasteiger partial charge in [-0.15, -0.1) is 24.9 Å². The van der Waals surface area contributed by atoms with Crippen molar-refractivity contribution in [3.05, 3.63) is 49.6 Å². The minimum absolute atomic E-state index is 0.0289. The number of hydrogen-bond acceptors (Lipinski definition) is 6. The fourth-order valence-electron chi connectivity index (χ4n) is 7.48. The number of anilines is 1. The van der Waals surface area contributed by atoms with Crippen LogP contribution in [0, 0.1) is 23.7 Å². The standard InChI is InChI=1S/C33H47N3O5S/c1-8-16-34(17-9-2)30(38)27-26-19-22(6)33(42-26)28(27)31(39)36(25(20-37)21(5)11-4)29(33)32(40)35(18-10-3)23-12-14-24(41-7)15-13-23/h8,10,12-15,21-22,25-29,37H,1,3,9,11,16-20H2,2,4-7H3/t21-,22?,25-,26-,27+,28-,29?,33?/m0/s1. The normalized spacial score (nSPS) is 29.1. The Balaban J connectivity index is 1.86. The number of aliphatic hydroxyl groups is 1. The van der Waals surface area contributed by atoms with Crippen molar-refractivity contribution in [1.82, 2.24) is 9.80 Å². The molecule has 1 N–H and O–H groups in total. The molecule has 9 heteroatoms. The molecule has 3 unspecified atom stereocenters. The van der Waals surface area contributed by atoms with Crippen LogP contribution >= 0.6 is 11.8 Å². The maximum absolute atomic E-state index is 14.9. The van der Waals surface area contributed by atoms with Crippen molar-refractivity contribution in [2.45, 2.75) is 69.0 Å². The molecule has 3 saturated heterocycles. The van der Waals surface area contributed by atoms with Crippen LogP contribution in [0.25, 0.3) is 0 Å². The molecule has 230 valence electrons. The van der Waals surface area contributed by atoms with Crippen molar-refractivity contribution in [3.63, 3.8) is 0 Å². The maximum atomic E-state index is 14.9. The van der Waals surface area contributed by atoms with E-state index < -0.39 is 28.7 Å². The van der Waals surface area contributed by atoms with Crippen LogP contribution in [-0.2, 0) is 14.4 Å². The fraction of sp³-hybridized carbons (Fsp3) is 0.606. The summed E-state index contributed by atoms with van der Waals surface area (Å²) in [7, 11) is 1.59. The van der Waals surface area contributed by atoms with Gasteiger partial charge in [-0.25, -0.2) is 0 Å². The van der Waals surface area contributed by atoms with E-state index in [9.17, 15) is 19.5 Å². The molecule has 1 aromatic rings. The highest BCUT2D eigenvalue weighted by molar-refractivity contribution is 8.02. The third-order valence-electron chi connectivity index (χ3n) is 9.66. The number of aliphatic hydroxyl groups excluding tert-OH is 1. The number of carbonyl (C=O) groups excluding carboxylic acids is 3. The van der Waals surface area contributed by atoms with E-state index in [1.807, 2.05) is 49.9 Å². The van der Waals surface area contributed by atoms with E-state index in [0.717, 1.165) is 19.3 Å². The number of rotatable bonds is 14. The van der Waals surface area contributed by atoms with Gasteiger partial charge in [0.2, 0.25) is 11.8 Å². The number of methoxy groups -OCH3 is 1. The monoisotopic (exact) mass is 597 g/mol. The summed E-state index contributed by atoms with van der Waals surface area (Å²) >= 11 is 1.66. The van der Waals surface area contributed by atoms with E-state index in [2.05, 4.69) is 20.1 Å². The van der Waals surface area contributed by atoms with Crippen LogP contribution in [0.4, 0.5) is 5.69 Å². The highest BCUT2D eigenvalue weighted by atomic mass is 32.2. The molecule has 3 amide bonds. The van der Waals surface area contributed by atoms with Gasteiger partial charge < -0.3 is 24.5 Å². The van der Waals surface area contributed by atoms with Crippen LogP contribution in [0.1, 0.15) is 47.0 Å². The minimum Gasteiger partial charge on any atom is -0.497 e. The van der Waals surface area contributed by atoms with Gasteiger partial charge in [0, 0.05) is 30.6 Å². The summed E-state index contributed by atoms with van der Waals surface area (Å²) in [6.07, 6.45) is 5.71. The molecule has 1 spiro atoms. The maximum Gasteiger partial charge on any atom is 0.251 e. The van der Waals surface area contributed by atoms with E-state index in [4.69, 9.17) is 4.74 Å². The Kier molecular flexibility index (Phi) is 10.1. The molecule has 3 fully saturated rings. The van der Waals surface area contributed by atoms with Gasteiger partial charge in [0.1, 0.15) is 11.8 Å². The Hall–Kier alpha value is -2.78. The number of fused-ring (bicyclic) bond motifs is 1. The molecule has 0 aliphatic carbocycles. The summed E-state index contributed by atoms with van der Waals surface area (Å²) in [4.78, 5) is 49.0. The van der Waals surface area contributed by atoms with Crippen molar-refractivity contribution in [3.8, 4) is 5.75 Å². The molecule has 0 aromatic heterocycles. The van der Waals surface area contributed by atoms with E-state index in [0.29, 0.717) is 24.5 Å². The van der Waals surface area contributed by atoms with Crippen LogP contribution < -0.4 is 9.64 Å². The fourth-order valence-corrected chi connectivity index (χ4v) is 9.88. The number of likely N-dealkylation sites (tertiary alicyclic amines) is 1. The Labute approximate surface area is 255 Å². The Morgan fingerprint density at radius 1 is 1.19 bits per heavy atom. The van der Waals surface area contributed by atoms with E-state index in [1.54, 1.807) is 40.8 Å². The van der Waals surface area contributed by atoms with Gasteiger partial charge in [-0.2, -0.15) is 0 Å². The van der Waals surface area contributed by atoms with E-state index in [-0.39, 0.29) is 48.0 Å². The summed E-state index contributed by atoms with van der Waals surface area (Å²) in [5.41, 5.74) is 0.676. The zero-order valence-corrected chi connectivity index (χ0v) is 26.5. The second kappa shape index (κ2) is 13.2. The Bertz CT molecular complexity index is 1170. The predicted molar refractivity (Wildman–Crippen MR) is 168 cm³/mol. The zero-order valence-electron chi connectivity index (χ0n) is 25.7.